The lowest BCUT2D eigenvalue weighted by Gasteiger charge is -2.02. The van der Waals surface area contributed by atoms with Crippen LogP contribution in [0.1, 0.15) is 0 Å². The number of rotatable bonds is 1. The van der Waals surface area contributed by atoms with Gasteiger partial charge < -0.3 is 4.74 Å². The molecule has 66 valence electrons. The smallest absolute Gasteiger partial charge is 0.222 e. The van der Waals surface area contributed by atoms with Gasteiger partial charge in [0.25, 0.3) is 0 Å². The van der Waals surface area contributed by atoms with E-state index in [4.69, 9.17) is 16.3 Å². The van der Waals surface area contributed by atoms with Crippen molar-refractivity contribution in [2.24, 2.45) is 0 Å². The Morgan fingerprint density at radius 2 is 2.15 bits per heavy atom. The van der Waals surface area contributed by atoms with Gasteiger partial charge in [-0.2, -0.15) is 0 Å². The van der Waals surface area contributed by atoms with Crippen LogP contribution < -0.4 is 4.74 Å². The number of ether oxygens (including phenoxy) is 1. The van der Waals surface area contributed by atoms with E-state index in [9.17, 15) is 0 Å². The molecule has 0 saturated carbocycles. The minimum atomic E-state index is 0.211. The maximum Gasteiger partial charge on any atom is 0.222 e. The number of hydrogen-bond acceptors (Lipinski definition) is 4. The van der Waals surface area contributed by atoms with E-state index in [1.807, 2.05) is 0 Å². The number of methoxy groups -OCH3 is 1. The first kappa shape index (κ1) is 8.19. The van der Waals surface area contributed by atoms with E-state index in [-0.39, 0.29) is 5.28 Å². The molecule has 0 saturated heterocycles. The van der Waals surface area contributed by atoms with Gasteiger partial charge in [0.2, 0.25) is 5.28 Å². The van der Waals surface area contributed by atoms with Gasteiger partial charge in [0.15, 0.2) is 0 Å². The lowest BCUT2D eigenvalue weighted by Crippen LogP contribution is -1.90. The monoisotopic (exact) mass is 195 g/mol. The van der Waals surface area contributed by atoms with Crippen LogP contribution in [0.3, 0.4) is 0 Å². The molecule has 0 spiro atoms. The van der Waals surface area contributed by atoms with Crippen LogP contribution in [0.25, 0.3) is 10.9 Å². The Bertz CT molecular complexity index is 446. The highest BCUT2D eigenvalue weighted by Crippen LogP contribution is 2.21. The molecule has 0 aromatic carbocycles. The van der Waals surface area contributed by atoms with Crippen LogP contribution in [0.15, 0.2) is 18.6 Å². The van der Waals surface area contributed by atoms with Crippen molar-refractivity contribution in [3.05, 3.63) is 23.9 Å². The average Bonchev–Trinajstić information content (AvgIpc) is 2.16. The highest BCUT2D eigenvalue weighted by molar-refractivity contribution is 6.28. The Labute approximate surface area is 79.6 Å². The van der Waals surface area contributed by atoms with Gasteiger partial charge in [0, 0.05) is 6.20 Å². The predicted octanol–water partition coefficient (Wildman–Crippen LogP) is 1.69. The Kier molecular flexibility index (Phi) is 1.98. The molecule has 0 aliphatic heterocycles. The Hall–Kier alpha value is -1.42. The molecular weight excluding hydrogens is 190 g/mol. The van der Waals surface area contributed by atoms with Gasteiger partial charge in [-0.1, -0.05) is 0 Å². The third kappa shape index (κ3) is 1.40. The van der Waals surface area contributed by atoms with Crippen molar-refractivity contribution in [1.29, 1.82) is 0 Å². The van der Waals surface area contributed by atoms with E-state index in [1.54, 1.807) is 25.7 Å². The first-order valence-corrected chi connectivity index (χ1v) is 3.99. The molecule has 0 unspecified atom stereocenters. The maximum absolute atomic E-state index is 5.62. The van der Waals surface area contributed by atoms with Gasteiger partial charge in [-0.05, 0) is 11.6 Å². The second-order valence-electron chi connectivity index (χ2n) is 2.41. The van der Waals surface area contributed by atoms with Crippen molar-refractivity contribution in [3.8, 4) is 5.75 Å². The van der Waals surface area contributed by atoms with Crippen LogP contribution in [0.4, 0.5) is 0 Å². The summed E-state index contributed by atoms with van der Waals surface area (Å²) in [5, 5.41) is 1.02. The van der Waals surface area contributed by atoms with Gasteiger partial charge in [0.1, 0.15) is 5.75 Å². The minimum absolute atomic E-state index is 0.211. The summed E-state index contributed by atoms with van der Waals surface area (Å²) in [6.07, 6.45) is 4.84. The van der Waals surface area contributed by atoms with E-state index in [0.717, 1.165) is 5.39 Å². The summed E-state index contributed by atoms with van der Waals surface area (Å²) in [4.78, 5) is 11.8. The van der Waals surface area contributed by atoms with Crippen molar-refractivity contribution in [3.63, 3.8) is 0 Å². The normalized spacial score (nSPS) is 10.3. The summed E-state index contributed by atoms with van der Waals surface area (Å²) < 4.78 is 5.08. The fourth-order valence-corrected chi connectivity index (χ4v) is 1.21. The Morgan fingerprint density at radius 3 is 2.92 bits per heavy atom. The zero-order chi connectivity index (χ0) is 9.26. The van der Waals surface area contributed by atoms with Gasteiger partial charge >= 0.3 is 0 Å². The zero-order valence-electron chi connectivity index (χ0n) is 6.86. The quantitative estimate of drug-likeness (QED) is 0.650. The molecule has 0 atom stereocenters. The molecule has 0 aliphatic carbocycles. The Morgan fingerprint density at radius 1 is 1.31 bits per heavy atom. The predicted molar refractivity (Wildman–Crippen MR) is 48.9 cm³/mol. The molecular formula is C8H6ClN3O. The summed E-state index contributed by atoms with van der Waals surface area (Å²) in [6, 6.07) is 0. The van der Waals surface area contributed by atoms with Gasteiger partial charge in [-0.15, -0.1) is 0 Å². The number of aromatic nitrogens is 3. The summed E-state index contributed by atoms with van der Waals surface area (Å²) >= 11 is 5.62. The molecule has 0 N–H and O–H groups in total. The number of hydrogen-bond donors (Lipinski definition) is 0. The van der Waals surface area contributed by atoms with Crippen molar-refractivity contribution in [2.45, 2.75) is 0 Å². The summed E-state index contributed by atoms with van der Waals surface area (Å²) in [7, 11) is 1.57. The molecule has 13 heavy (non-hydrogen) atoms. The molecule has 0 bridgehead atoms. The van der Waals surface area contributed by atoms with E-state index in [2.05, 4.69) is 15.0 Å². The largest absolute Gasteiger partial charge is 0.494 e. The topological polar surface area (TPSA) is 47.9 Å². The van der Waals surface area contributed by atoms with Gasteiger partial charge in [-0.3, -0.25) is 4.98 Å². The second-order valence-corrected chi connectivity index (χ2v) is 2.75. The van der Waals surface area contributed by atoms with Crippen LogP contribution in [-0.2, 0) is 0 Å². The molecule has 4 nitrogen and oxygen atoms in total. The number of pyridine rings is 1. The van der Waals surface area contributed by atoms with Crippen LogP contribution in [0, 0.1) is 0 Å². The van der Waals surface area contributed by atoms with E-state index in [1.165, 1.54) is 0 Å². The van der Waals surface area contributed by atoms with Crippen molar-refractivity contribution >= 4 is 22.5 Å². The first-order valence-electron chi connectivity index (χ1n) is 3.61. The standard InChI is InChI=1S/C8H6ClN3O/c1-13-7-4-10-3-6-5(7)2-11-8(9)12-6/h2-4H,1H3. The third-order valence-electron chi connectivity index (χ3n) is 1.66. The third-order valence-corrected chi connectivity index (χ3v) is 1.84. The van der Waals surface area contributed by atoms with Crippen LogP contribution in [0.2, 0.25) is 5.28 Å². The lowest BCUT2D eigenvalue weighted by atomic mass is 10.3. The molecule has 2 rings (SSSR count). The van der Waals surface area contributed by atoms with E-state index < -0.39 is 0 Å². The molecule has 2 aromatic heterocycles. The van der Waals surface area contributed by atoms with E-state index in [0.29, 0.717) is 11.3 Å². The maximum atomic E-state index is 5.62. The summed E-state index contributed by atoms with van der Waals surface area (Å²) in [5.41, 5.74) is 0.680. The van der Waals surface area contributed by atoms with E-state index >= 15 is 0 Å². The second kappa shape index (κ2) is 3.14. The fraction of sp³-hybridized carbons (Fsp3) is 0.125. The SMILES string of the molecule is COc1cncc2nc(Cl)ncc12. The molecule has 0 radical (unpaired) electrons. The van der Waals surface area contributed by atoms with Gasteiger partial charge in [0.05, 0.1) is 30.4 Å². The molecule has 2 heterocycles. The van der Waals surface area contributed by atoms with Crippen molar-refractivity contribution in [1.82, 2.24) is 15.0 Å². The van der Waals surface area contributed by atoms with Crippen LogP contribution in [-0.4, -0.2) is 22.1 Å². The number of nitrogens with zero attached hydrogens (tertiary/aromatic N) is 3. The summed E-state index contributed by atoms with van der Waals surface area (Å²) in [5.74, 6) is 0.647. The molecule has 0 fully saturated rings. The highest BCUT2D eigenvalue weighted by atomic mass is 35.5. The lowest BCUT2D eigenvalue weighted by molar-refractivity contribution is 0.418. The summed E-state index contributed by atoms with van der Waals surface area (Å²) in [6.45, 7) is 0. The minimum Gasteiger partial charge on any atom is -0.494 e. The number of fused-ring (bicyclic) bond motifs is 1. The van der Waals surface area contributed by atoms with Crippen LogP contribution >= 0.6 is 11.6 Å². The van der Waals surface area contributed by atoms with Gasteiger partial charge in [-0.25, -0.2) is 9.97 Å². The van der Waals surface area contributed by atoms with Crippen LogP contribution in [0.5, 0.6) is 5.75 Å². The molecule has 2 aromatic rings. The fourth-order valence-electron chi connectivity index (χ4n) is 1.07. The van der Waals surface area contributed by atoms with Crippen molar-refractivity contribution < 1.29 is 4.74 Å². The number of halogens is 1. The zero-order valence-corrected chi connectivity index (χ0v) is 7.62. The molecule has 0 aliphatic rings. The molecule has 5 heteroatoms. The van der Waals surface area contributed by atoms with Crippen molar-refractivity contribution in [2.75, 3.05) is 7.11 Å². The molecule has 0 amide bonds. The average molecular weight is 196 g/mol. The Balaban J connectivity index is 2.77. The highest BCUT2D eigenvalue weighted by Gasteiger charge is 2.03. The first-order chi connectivity index (χ1) is 6.31.